The Morgan fingerprint density at radius 2 is 2.08 bits per heavy atom. The summed E-state index contributed by atoms with van der Waals surface area (Å²) in [7, 11) is 0. The summed E-state index contributed by atoms with van der Waals surface area (Å²) >= 11 is 7.84. The van der Waals surface area contributed by atoms with Crippen LogP contribution in [0.5, 0.6) is 5.75 Å². The van der Waals surface area contributed by atoms with E-state index >= 15 is 0 Å². The standard InChI is InChI=1S/C23H17ClF3N5O3S/c24-12-5-11-6-17(21(34)31-3-4-32-18(9-31)29-22(30-32)23(25,26)27)35-19(11)15(7-12)14-1-2-28-16-8-13(10-33)36-20(14)16/h1-2,5,7-8,17,33H,3-4,6,9-10H2. The number of aliphatic hydroxyl groups is 1. The summed E-state index contributed by atoms with van der Waals surface area (Å²) in [5.74, 6) is -0.937. The van der Waals surface area contributed by atoms with E-state index in [-0.39, 0.29) is 44.4 Å². The highest BCUT2D eigenvalue weighted by molar-refractivity contribution is 7.19. The van der Waals surface area contributed by atoms with Gasteiger partial charge in [-0.2, -0.15) is 13.2 Å². The van der Waals surface area contributed by atoms with Crippen LogP contribution in [0.25, 0.3) is 21.3 Å². The van der Waals surface area contributed by atoms with Crippen LogP contribution < -0.4 is 4.74 Å². The van der Waals surface area contributed by atoms with Crippen molar-refractivity contribution < 1.29 is 27.8 Å². The Balaban J connectivity index is 1.29. The molecule has 0 saturated heterocycles. The Hall–Kier alpha value is -3.22. The molecule has 6 rings (SSSR count). The number of hydrogen-bond donors (Lipinski definition) is 1. The minimum Gasteiger partial charge on any atom is -0.479 e. The number of benzene rings is 1. The maximum atomic E-state index is 13.3. The van der Waals surface area contributed by atoms with Crippen molar-refractivity contribution in [3.8, 4) is 16.9 Å². The van der Waals surface area contributed by atoms with E-state index in [1.807, 2.05) is 12.1 Å². The molecule has 1 atom stereocenters. The van der Waals surface area contributed by atoms with E-state index in [0.717, 1.165) is 26.2 Å². The van der Waals surface area contributed by atoms with E-state index < -0.39 is 18.1 Å². The molecule has 186 valence electrons. The van der Waals surface area contributed by atoms with Gasteiger partial charge in [-0.25, -0.2) is 9.67 Å². The van der Waals surface area contributed by atoms with E-state index in [0.29, 0.717) is 16.3 Å². The van der Waals surface area contributed by atoms with Crippen LogP contribution in [-0.2, 0) is 37.1 Å². The second kappa shape index (κ2) is 8.43. The van der Waals surface area contributed by atoms with Gasteiger partial charge in [0.25, 0.3) is 11.7 Å². The van der Waals surface area contributed by atoms with Crippen molar-refractivity contribution >= 4 is 39.1 Å². The van der Waals surface area contributed by atoms with Gasteiger partial charge in [0, 0.05) is 45.8 Å². The third kappa shape index (κ3) is 3.89. The number of amides is 1. The minimum absolute atomic E-state index is 0.0812. The summed E-state index contributed by atoms with van der Waals surface area (Å²) in [6, 6.07) is 7.17. The van der Waals surface area contributed by atoms with Crippen molar-refractivity contribution in [1.82, 2.24) is 24.6 Å². The molecular weight excluding hydrogens is 519 g/mol. The Kier molecular flexibility index (Phi) is 5.43. The molecule has 0 spiro atoms. The summed E-state index contributed by atoms with van der Waals surface area (Å²) in [4.78, 5) is 23.5. The lowest BCUT2D eigenvalue weighted by atomic mass is 10.0. The number of aromatic nitrogens is 4. The summed E-state index contributed by atoms with van der Waals surface area (Å²) in [5, 5.41) is 13.5. The molecule has 5 heterocycles. The fraction of sp³-hybridized carbons (Fsp3) is 0.304. The number of carbonyl (C=O) groups is 1. The monoisotopic (exact) mass is 535 g/mol. The Labute approximate surface area is 210 Å². The number of pyridine rings is 1. The molecule has 1 unspecified atom stereocenters. The number of thiophene rings is 1. The van der Waals surface area contributed by atoms with Crippen LogP contribution in [-0.4, -0.2) is 48.3 Å². The zero-order valence-corrected chi connectivity index (χ0v) is 20.0. The summed E-state index contributed by atoms with van der Waals surface area (Å²) in [6.45, 7) is 0.118. The minimum atomic E-state index is -4.65. The number of fused-ring (bicyclic) bond motifs is 3. The highest BCUT2D eigenvalue weighted by atomic mass is 35.5. The van der Waals surface area contributed by atoms with Crippen molar-refractivity contribution in [2.24, 2.45) is 0 Å². The van der Waals surface area contributed by atoms with E-state index in [4.69, 9.17) is 16.3 Å². The molecule has 0 aliphatic carbocycles. The average Bonchev–Trinajstić information content (AvgIpc) is 3.57. The van der Waals surface area contributed by atoms with Crippen molar-refractivity contribution in [2.45, 2.75) is 38.4 Å². The molecule has 0 fully saturated rings. The molecule has 3 aromatic heterocycles. The van der Waals surface area contributed by atoms with Crippen LogP contribution in [0.4, 0.5) is 13.2 Å². The normalized spacial score (nSPS) is 17.2. The number of halogens is 4. The highest BCUT2D eigenvalue weighted by Gasteiger charge is 2.40. The Morgan fingerprint density at radius 1 is 1.25 bits per heavy atom. The van der Waals surface area contributed by atoms with Crippen molar-refractivity contribution in [1.29, 1.82) is 0 Å². The molecular formula is C23H17ClF3N5O3S. The number of rotatable bonds is 3. The van der Waals surface area contributed by atoms with Crippen LogP contribution in [0.1, 0.15) is 22.1 Å². The number of alkyl halides is 3. The molecule has 0 saturated carbocycles. The van der Waals surface area contributed by atoms with Crippen LogP contribution in [0, 0.1) is 0 Å². The highest BCUT2D eigenvalue weighted by Crippen LogP contribution is 2.45. The predicted octanol–water partition coefficient (Wildman–Crippen LogP) is 4.07. The average molecular weight is 536 g/mol. The first kappa shape index (κ1) is 23.2. The quantitative estimate of drug-likeness (QED) is 0.425. The van der Waals surface area contributed by atoms with Gasteiger partial charge >= 0.3 is 6.18 Å². The number of ether oxygens (including phenoxy) is 1. The second-order valence-corrected chi connectivity index (χ2v) is 10.1. The van der Waals surface area contributed by atoms with Crippen molar-refractivity contribution in [3.05, 3.63) is 57.6 Å². The van der Waals surface area contributed by atoms with Crippen molar-refractivity contribution in [3.63, 3.8) is 0 Å². The maximum Gasteiger partial charge on any atom is 0.453 e. The zero-order valence-electron chi connectivity index (χ0n) is 18.4. The topological polar surface area (TPSA) is 93.4 Å². The lowest BCUT2D eigenvalue weighted by Crippen LogP contribution is -2.45. The van der Waals surface area contributed by atoms with Gasteiger partial charge in [-0.05, 0) is 24.3 Å². The number of aliphatic hydroxyl groups excluding tert-OH is 1. The van der Waals surface area contributed by atoms with Gasteiger partial charge in [0.15, 0.2) is 6.10 Å². The molecule has 13 heteroatoms. The SMILES string of the molecule is O=C(C1Cc2cc(Cl)cc(-c3ccnc4cc(CO)sc34)c2O1)N1CCn2nc(C(F)(F)F)nc2C1. The molecule has 1 amide bonds. The molecule has 2 aliphatic heterocycles. The fourth-order valence-corrected chi connectivity index (χ4v) is 5.83. The number of nitrogens with zero attached hydrogens (tertiary/aromatic N) is 5. The van der Waals surface area contributed by atoms with Gasteiger partial charge < -0.3 is 14.7 Å². The van der Waals surface area contributed by atoms with Crippen LogP contribution in [0.3, 0.4) is 0 Å². The van der Waals surface area contributed by atoms with Crippen LogP contribution in [0.15, 0.2) is 30.5 Å². The maximum absolute atomic E-state index is 13.3. The molecule has 0 bridgehead atoms. The van der Waals surface area contributed by atoms with E-state index in [1.54, 1.807) is 18.3 Å². The first-order valence-electron chi connectivity index (χ1n) is 11.0. The molecule has 4 aromatic rings. The number of hydrogen-bond acceptors (Lipinski definition) is 7. The van der Waals surface area contributed by atoms with E-state index in [9.17, 15) is 23.1 Å². The van der Waals surface area contributed by atoms with Crippen molar-refractivity contribution in [2.75, 3.05) is 6.54 Å². The lowest BCUT2D eigenvalue weighted by molar-refractivity contribution is -0.145. The lowest BCUT2D eigenvalue weighted by Gasteiger charge is -2.28. The molecule has 8 nitrogen and oxygen atoms in total. The first-order valence-corrected chi connectivity index (χ1v) is 12.2. The molecule has 1 aromatic carbocycles. The molecule has 2 aliphatic rings. The second-order valence-electron chi connectivity index (χ2n) is 8.53. The van der Waals surface area contributed by atoms with Gasteiger partial charge in [0.05, 0.1) is 29.9 Å². The van der Waals surface area contributed by atoms with Gasteiger partial charge in [0.1, 0.15) is 11.6 Å². The van der Waals surface area contributed by atoms with Gasteiger partial charge in [0.2, 0.25) is 0 Å². The first-order chi connectivity index (χ1) is 17.2. The van der Waals surface area contributed by atoms with Gasteiger partial charge in [-0.1, -0.05) is 11.6 Å². The summed E-state index contributed by atoms with van der Waals surface area (Å²) in [5.41, 5.74) is 3.03. The van der Waals surface area contributed by atoms with Gasteiger partial charge in [-0.15, -0.1) is 16.4 Å². The molecule has 0 radical (unpaired) electrons. The number of carbonyl (C=O) groups excluding carboxylic acids is 1. The fourth-order valence-electron chi connectivity index (χ4n) is 4.59. The Morgan fingerprint density at radius 3 is 2.86 bits per heavy atom. The summed E-state index contributed by atoms with van der Waals surface area (Å²) < 4.78 is 47.2. The predicted molar refractivity (Wildman–Crippen MR) is 125 cm³/mol. The van der Waals surface area contributed by atoms with Gasteiger partial charge in [-0.3, -0.25) is 9.78 Å². The van der Waals surface area contributed by atoms with Crippen LogP contribution >= 0.6 is 22.9 Å². The third-order valence-corrected chi connectivity index (χ3v) is 7.57. The van der Waals surface area contributed by atoms with E-state index in [2.05, 4.69) is 15.1 Å². The Bertz CT molecular complexity index is 1520. The third-order valence-electron chi connectivity index (χ3n) is 6.21. The molecule has 36 heavy (non-hydrogen) atoms. The zero-order chi connectivity index (χ0) is 25.2. The molecule has 1 N–H and O–H groups in total. The smallest absolute Gasteiger partial charge is 0.453 e. The van der Waals surface area contributed by atoms with Crippen LogP contribution in [0.2, 0.25) is 5.02 Å². The largest absolute Gasteiger partial charge is 0.479 e. The summed E-state index contributed by atoms with van der Waals surface area (Å²) in [6.07, 6.45) is -3.55. The van der Waals surface area contributed by atoms with E-state index in [1.165, 1.54) is 20.9 Å².